The van der Waals surface area contributed by atoms with E-state index >= 15 is 0 Å². The maximum Gasteiger partial charge on any atom is 0.269 e. The van der Waals surface area contributed by atoms with E-state index in [4.69, 9.17) is 11.6 Å². The minimum atomic E-state index is -3.84. The molecule has 1 aliphatic rings. The van der Waals surface area contributed by atoms with E-state index < -0.39 is 26.9 Å². The van der Waals surface area contributed by atoms with Gasteiger partial charge < -0.3 is 5.32 Å². The molecule has 2 aromatic rings. The number of amides is 1. The van der Waals surface area contributed by atoms with Crippen LogP contribution in [0.2, 0.25) is 5.02 Å². The molecule has 3 rings (SSSR count). The topological polar surface area (TPSA) is 110 Å². The van der Waals surface area contributed by atoms with Crippen LogP contribution in [0.15, 0.2) is 53.4 Å². The zero-order chi connectivity index (χ0) is 19.6. The van der Waals surface area contributed by atoms with Gasteiger partial charge >= 0.3 is 0 Å². The molecule has 2 aromatic carbocycles. The van der Waals surface area contributed by atoms with Gasteiger partial charge in [-0.25, -0.2) is 8.42 Å². The first-order chi connectivity index (χ1) is 12.8. The van der Waals surface area contributed by atoms with Crippen molar-refractivity contribution in [1.29, 1.82) is 0 Å². The van der Waals surface area contributed by atoms with Gasteiger partial charge in [0.15, 0.2) is 0 Å². The van der Waals surface area contributed by atoms with Crippen LogP contribution in [0.5, 0.6) is 0 Å². The Balaban J connectivity index is 1.78. The van der Waals surface area contributed by atoms with Crippen molar-refractivity contribution < 1.29 is 18.1 Å². The fraction of sp³-hybridized carbons (Fsp3) is 0.235. The monoisotopic (exact) mass is 409 g/mol. The first kappa shape index (κ1) is 19.3. The maximum atomic E-state index is 12.9. The number of carbonyl (C=O) groups is 1. The zero-order valence-electron chi connectivity index (χ0n) is 14.0. The van der Waals surface area contributed by atoms with Gasteiger partial charge in [0.05, 0.1) is 9.82 Å². The molecular weight excluding hydrogens is 394 g/mol. The number of non-ortho nitro benzene ring substituents is 1. The lowest BCUT2D eigenvalue weighted by Crippen LogP contribution is -2.43. The standard InChI is InChI=1S/C17H16ClN3O5S/c18-12-3-9-15(10-4-12)27(25,26)20-11-1-2-16(20)17(22)19-13-5-7-14(8-6-13)21(23)24/h3-10,16H,1-2,11H2,(H,19,22). The van der Waals surface area contributed by atoms with Crippen LogP contribution in [0.3, 0.4) is 0 Å². The fourth-order valence-electron chi connectivity index (χ4n) is 2.92. The molecule has 1 amide bonds. The quantitative estimate of drug-likeness (QED) is 0.602. The van der Waals surface area contributed by atoms with Gasteiger partial charge in [0.25, 0.3) is 5.69 Å². The Morgan fingerprint density at radius 3 is 2.37 bits per heavy atom. The lowest BCUT2D eigenvalue weighted by Gasteiger charge is -2.23. The summed E-state index contributed by atoms with van der Waals surface area (Å²) in [6.07, 6.45) is 0.955. The lowest BCUT2D eigenvalue weighted by atomic mass is 10.2. The number of anilines is 1. The highest BCUT2D eigenvalue weighted by atomic mass is 35.5. The summed E-state index contributed by atoms with van der Waals surface area (Å²) in [5.41, 5.74) is 0.266. The van der Waals surface area contributed by atoms with E-state index in [2.05, 4.69) is 5.32 Å². The van der Waals surface area contributed by atoms with E-state index in [0.29, 0.717) is 23.6 Å². The van der Waals surface area contributed by atoms with Gasteiger partial charge in [0.2, 0.25) is 15.9 Å². The van der Waals surface area contributed by atoms with Crippen LogP contribution in [0.1, 0.15) is 12.8 Å². The highest BCUT2D eigenvalue weighted by molar-refractivity contribution is 7.89. The van der Waals surface area contributed by atoms with Gasteiger partial charge in [-0.1, -0.05) is 11.6 Å². The maximum absolute atomic E-state index is 12.9. The predicted molar refractivity (Wildman–Crippen MR) is 100 cm³/mol. The van der Waals surface area contributed by atoms with Crippen molar-refractivity contribution >= 4 is 38.9 Å². The third-order valence-corrected chi connectivity index (χ3v) is 6.45. The molecule has 0 aliphatic carbocycles. The normalized spacial score (nSPS) is 17.6. The molecule has 0 saturated carbocycles. The number of hydrogen-bond acceptors (Lipinski definition) is 5. The summed E-state index contributed by atoms with van der Waals surface area (Å²) >= 11 is 5.81. The van der Waals surface area contributed by atoms with Crippen molar-refractivity contribution in [2.24, 2.45) is 0 Å². The van der Waals surface area contributed by atoms with E-state index in [9.17, 15) is 23.3 Å². The number of halogens is 1. The molecule has 10 heteroatoms. The lowest BCUT2D eigenvalue weighted by molar-refractivity contribution is -0.384. The predicted octanol–water partition coefficient (Wildman–Crippen LogP) is 3.04. The van der Waals surface area contributed by atoms with E-state index in [1.54, 1.807) is 0 Å². The highest BCUT2D eigenvalue weighted by Gasteiger charge is 2.39. The molecule has 0 radical (unpaired) electrons. The van der Waals surface area contributed by atoms with E-state index in [1.807, 2.05) is 0 Å². The molecule has 1 atom stereocenters. The number of benzene rings is 2. The first-order valence-corrected chi connectivity index (χ1v) is 9.93. The van der Waals surface area contributed by atoms with Gasteiger partial charge in [-0.2, -0.15) is 4.31 Å². The third kappa shape index (κ3) is 4.10. The number of nitrogens with zero attached hydrogens (tertiary/aromatic N) is 2. The van der Waals surface area contributed by atoms with E-state index in [0.717, 1.165) is 0 Å². The van der Waals surface area contributed by atoms with Crippen molar-refractivity contribution in [3.8, 4) is 0 Å². The van der Waals surface area contributed by atoms with E-state index in [1.165, 1.54) is 52.8 Å². The number of nitro benzene ring substituents is 1. The summed E-state index contributed by atoms with van der Waals surface area (Å²) < 4.78 is 26.9. The molecule has 142 valence electrons. The van der Waals surface area contributed by atoms with Crippen LogP contribution in [0.4, 0.5) is 11.4 Å². The summed E-state index contributed by atoms with van der Waals surface area (Å²) in [6.45, 7) is 0.239. The molecule has 27 heavy (non-hydrogen) atoms. The van der Waals surface area contributed by atoms with Crippen LogP contribution in [-0.2, 0) is 14.8 Å². The van der Waals surface area contributed by atoms with Gasteiger partial charge in [0.1, 0.15) is 6.04 Å². The Morgan fingerprint density at radius 2 is 1.78 bits per heavy atom. The molecule has 1 heterocycles. The zero-order valence-corrected chi connectivity index (χ0v) is 15.6. The molecule has 0 bridgehead atoms. The number of nitrogens with one attached hydrogen (secondary N) is 1. The van der Waals surface area contributed by atoms with Gasteiger partial charge in [-0.3, -0.25) is 14.9 Å². The molecule has 1 N–H and O–H groups in total. The summed E-state index contributed by atoms with van der Waals surface area (Å²) in [5.74, 6) is -0.473. The SMILES string of the molecule is O=C(Nc1ccc([N+](=O)[O-])cc1)C1CCCN1S(=O)(=O)c1ccc(Cl)cc1. The molecule has 1 unspecified atom stereocenters. The summed E-state index contributed by atoms with van der Waals surface area (Å²) in [6, 6.07) is 10.3. The Labute approximate surface area is 160 Å². The first-order valence-electron chi connectivity index (χ1n) is 8.12. The third-order valence-electron chi connectivity index (χ3n) is 4.27. The van der Waals surface area contributed by atoms with Gasteiger partial charge in [0, 0.05) is 29.4 Å². The average molecular weight is 410 g/mol. The smallest absolute Gasteiger partial charge is 0.269 e. The van der Waals surface area contributed by atoms with Crippen molar-refractivity contribution in [2.75, 3.05) is 11.9 Å². The second-order valence-corrected chi connectivity index (χ2v) is 8.35. The molecule has 0 spiro atoms. The van der Waals surface area contributed by atoms with Crippen LogP contribution < -0.4 is 5.32 Å². The van der Waals surface area contributed by atoms with Crippen molar-refractivity contribution in [2.45, 2.75) is 23.8 Å². The van der Waals surface area contributed by atoms with E-state index in [-0.39, 0.29) is 17.1 Å². The van der Waals surface area contributed by atoms with Gasteiger partial charge in [-0.05, 0) is 49.2 Å². The molecule has 8 nitrogen and oxygen atoms in total. The second kappa shape index (κ2) is 7.63. The largest absolute Gasteiger partial charge is 0.325 e. The second-order valence-electron chi connectivity index (χ2n) is 6.02. The number of rotatable bonds is 5. The number of carbonyl (C=O) groups excluding carboxylic acids is 1. The van der Waals surface area contributed by atoms with Crippen LogP contribution in [0, 0.1) is 10.1 Å². The average Bonchev–Trinajstić information content (AvgIpc) is 3.13. The van der Waals surface area contributed by atoms with Crippen molar-refractivity contribution in [3.05, 3.63) is 63.7 Å². The Hall–Kier alpha value is -2.49. The van der Waals surface area contributed by atoms with Gasteiger partial charge in [-0.15, -0.1) is 0 Å². The Kier molecular flexibility index (Phi) is 5.45. The minimum Gasteiger partial charge on any atom is -0.325 e. The molecule has 1 fully saturated rings. The van der Waals surface area contributed by atoms with Crippen molar-refractivity contribution in [3.63, 3.8) is 0 Å². The minimum absolute atomic E-state index is 0.0712. The Morgan fingerprint density at radius 1 is 1.15 bits per heavy atom. The van der Waals surface area contributed by atoms with Crippen LogP contribution >= 0.6 is 11.6 Å². The molecular formula is C17H16ClN3O5S. The number of sulfonamides is 1. The van der Waals surface area contributed by atoms with Crippen LogP contribution in [-0.4, -0.2) is 36.1 Å². The summed E-state index contributed by atoms with van der Waals surface area (Å²) in [5, 5.41) is 13.7. The summed E-state index contributed by atoms with van der Waals surface area (Å²) in [7, 11) is -3.84. The molecule has 0 aromatic heterocycles. The molecule has 1 saturated heterocycles. The highest BCUT2D eigenvalue weighted by Crippen LogP contribution is 2.28. The van der Waals surface area contributed by atoms with Crippen molar-refractivity contribution in [1.82, 2.24) is 4.31 Å². The number of hydrogen-bond donors (Lipinski definition) is 1. The fourth-order valence-corrected chi connectivity index (χ4v) is 4.71. The summed E-state index contributed by atoms with van der Waals surface area (Å²) in [4.78, 5) is 22.8. The number of nitro groups is 1. The van der Waals surface area contributed by atoms with Crippen LogP contribution in [0.25, 0.3) is 0 Å². The Bertz CT molecular complexity index is 961. The molecule has 1 aliphatic heterocycles.